The lowest BCUT2D eigenvalue weighted by atomic mass is 10.1. The molecule has 0 saturated carbocycles. The Kier molecular flexibility index (Phi) is 4.88. The predicted octanol–water partition coefficient (Wildman–Crippen LogP) is 6.35. The summed E-state index contributed by atoms with van der Waals surface area (Å²) in [6.45, 7) is 2.19. The van der Waals surface area contributed by atoms with Crippen molar-refractivity contribution in [1.29, 1.82) is 0 Å². The van der Waals surface area contributed by atoms with E-state index in [-0.39, 0.29) is 0 Å². The van der Waals surface area contributed by atoms with E-state index in [4.69, 9.17) is 34.8 Å². The number of fused-ring (bicyclic) bond motifs is 1. The summed E-state index contributed by atoms with van der Waals surface area (Å²) in [5.74, 6) is 0. The zero-order chi connectivity index (χ0) is 15.7. The highest BCUT2D eigenvalue weighted by atomic mass is 35.5. The maximum absolute atomic E-state index is 6.12. The van der Waals surface area contributed by atoms with Crippen LogP contribution in [0.1, 0.15) is 18.9 Å². The van der Waals surface area contributed by atoms with Crippen LogP contribution in [0.4, 0.5) is 5.69 Å². The van der Waals surface area contributed by atoms with Crippen LogP contribution in [0.3, 0.4) is 0 Å². The number of rotatable bonds is 2. The molecule has 2 aromatic rings. The highest BCUT2D eigenvalue weighted by molar-refractivity contribution is 8.00. The van der Waals surface area contributed by atoms with E-state index in [9.17, 15) is 0 Å². The number of nitrogens with one attached hydrogen (secondary N) is 1. The summed E-state index contributed by atoms with van der Waals surface area (Å²) in [7, 11) is 0. The van der Waals surface area contributed by atoms with Gasteiger partial charge in [0, 0.05) is 37.2 Å². The molecule has 6 heteroatoms. The third-order valence-electron chi connectivity index (χ3n) is 3.24. The first-order chi connectivity index (χ1) is 10.5. The van der Waals surface area contributed by atoms with Gasteiger partial charge in [-0.15, -0.1) is 11.8 Å². The number of nitrogens with zero attached hydrogens (tertiary/aromatic N) is 1. The second-order valence-electron chi connectivity index (χ2n) is 5.10. The van der Waals surface area contributed by atoms with Gasteiger partial charge in [-0.1, -0.05) is 41.7 Å². The zero-order valence-electron chi connectivity index (χ0n) is 11.7. The number of hydrogen-bond donors (Lipinski definition) is 1. The van der Waals surface area contributed by atoms with E-state index in [0.29, 0.717) is 20.3 Å². The molecule has 2 aromatic carbocycles. The van der Waals surface area contributed by atoms with E-state index in [1.54, 1.807) is 18.2 Å². The summed E-state index contributed by atoms with van der Waals surface area (Å²) in [5, 5.41) is 6.88. The summed E-state index contributed by atoms with van der Waals surface area (Å²) in [6.07, 6.45) is 0.874. The molecular formula is C16H13Cl3N2S. The lowest BCUT2D eigenvalue weighted by molar-refractivity contribution is 0.988. The molecule has 3 rings (SSSR count). The molecule has 0 aliphatic carbocycles. The first-order valence-corrected chi connectivity index (χ1v) is 8.78. The van der Waals surface area contributed by atoms with Gasteiger partial charge in [0.05, 0.1) is 11.4 Å². The van der Waals surface area contributed by atoms with Gasteiger partial charge >= 0.3 is 0 Å². The van der Waals surface area contributed by atoms with E-state index < -0.39 is 0 Å². The second-order valence-corrected chi connectivity index (χ2v) is 7.89. The molecule has 0 amide bonds. The molecule has 2 nitrogen and oxygen atoms in total. The lowest BCUT2D eigenvalue weighted by Gasteiger charge is -2.22. The molecule has 0 fully saturated rings. The second kappa shape index (κ2) is 6.71. The number of hydrazone groups is 1. The summed E-state index contributed by atoms with van der Waals surface area (Å²) < 4.78 is 0. The molecule has 1 unspecified atom stereocenters. The SMILES string of the molecule is CC1C/C(=N\Nc2cc(Cl)cc(Cl)c2)c2cc(Cl)ccc2S1. The molecule has 1 heterocycles. The molecule has 1 atom stereocenters. The smallest absolute Gasteiger partial charge is 0.0702 e. The zero-order valence-corrected chi connectivity index (χ0v) is 14.8. The fourth-order valence-corrected chi connectivity index (χ4v) is 4.15. The standard InChI is InChI=1S/C16H13Cl3N2S/c1-9-4-15(14-8-10(17)2-3-16(14)22-9)21-20-13-6-11(18)5-12(19)7-13/h2-3,5-9,20H,4H2,1H3/b21-15+. The van der Waals surface area contributed by atoms with Crippen molar-refractivity contribution in [2.24, 2.45) is 5.10 Å². The van der Waals surface area contributed by atoms with Crippen molar-refractivity contribution in [1.82, 2.24) is 0 Å². The van der Waals surface area contributed by atoms with Gasteiger partial charge in [-0.05, 0) is 36.4 Å². The van der Waals surface area contributed by atoms with Crippen LogP contribution in [0.15, 0.2) is 46.4 Å². The molecule has 22 heavy (non-hydrogen) atoms. The van der Waals surface area contributed by atoms with Gasteiger partial charge < -0.3 is 0 Å². The van der Waals surface area contributed by atoms with Gasteiger partial charge in [-0.2, -0.15) is 5.10 Å². The minimum absolute atomic E-state index is 0.470. The van der Waals surface area contributed by atoms with Gasteiger partial charge in [0.15, 0.2) is 0 Å². The highest BCUT2D eigenvalue weighted by Gasteiger charge is 2.21. The van der Waals surface area contributed by atoms with Gasteiger partial charge in [-0.3, -0.25) is 5.43 Å². The molecule has 1 aliphatic heterocycles. The molecule has 0 saturated heterocycles. The van der Waals surface area contributed by atoms with E-state index >= 15 is 0 Å². The van der Waals surface area contributed by atoms with Crippen molar-refractivity contribution in [3.63, 3.8) is 0 Å². The van der Waals surface area contributed by atoms with Crippen LogP contribution in [0.5, 0.6) is 0 Å². The summed E-state index contributed by atoms with van der Waals surface area (Å²) in [4.78, 5) is 1.20. The lowest BCUT2D eigenvalue weighted by Crippen LogP contribution is -2.17. The summed E-state index contributed by atoms with van der Waals surface area (Å²) >= 11 is 20.0. The number of benzene rings is 2. The quantitative estimate of drug-likeness (QED) is 0.622. The minimum atomic E-state index is 0.470. The van der Waals surface area contributed by atoms with Crippen LogP contribution in [0, 0.1) is 0 Å². The minimum Gasteiger partial charge on any atom is -0.278 e. The Bertz CT molecular complexity index is 726. The first-order valence-electron chi connectivity index (χ1n) is 6.76. The highest BCUT2D eigenvalue weighted by Crippen LogP contribution is 2.36. The number of thioether (sulfide) groups is 1. The largest absolute Gasteiger partial charge is 0.278 e. The molecule has 1 aliphatic rings. The number of anilines is 1. The molecular weight excluding hydrogens is 359 g/mol. The van der Waals surface area contributed by atoms with Crippen LogP contribution in [0.25, 0.3) is 0 Å². The average Bonchev–Trinajstić information content (AvgIpc) is 2.44. The molecule has 0 radical (unpaired) electrons. The summed E-state index contributed by atoms with van der Waals surface area (Å²) in [5.41, 5.74) is 5.87. The van der Waals surface area contributed by atoms with E-state index in [1.807, 2.05) is 30.0 Å². The Labute approximate surface area is 148 Å². The molecule has 1 N–H and O–H groups in total. The van der Waals surface area contributed by atoms with Crippen LogP contribution in [-0.2, 0) is 0 Å². The van der Waals surface area contributed by atoms with E-state index in [2.05, 4.69) is 17.5 Å². The van der Waals surface area contributed by atoms with Crippen molar-refractivity contribution in [2.75, 3.05) is 5.43 Å². The third-order valence-corrected chi connectivity index (χ3v) is 5.09. The van der Waals surface area contributed by atoms with E-state index in [0.717, 1.165) is 23.4 Å². The van der Waals surface area contributed by atoms with Crippen LogP contribution >= 0.6 is 46.6 Å². The van der Waals surface area contributed by atoms with Crippen molar-refractivity contribution in [2.45, 2.75) is 23.5 Å². The maximum Gasteiger partial charge on any atom is 0.0702 e. The molecule has 114 valence electrons. The molecule has 0 aromatic heterocycles. The van der Waals surface area contributed by atoms with Crippen LogP contribution in [0.2, 0.25) is 15.1 Å². The first kappa shape index (κ1) is 16.0. The van der Waals surface area contributed by atoms with Gasteiger partial charge in [0.2, 0.25) is 0 Å². The van der Waals surface area contributed by atoms with Gasteiger partial charge in [0.25, 0.3) is 0 Å². The Hall–Kier alpha value is -0.870. The Balaban J connectivity index is 1.92. The number of hydrogen-bond acceptors (Lipinski definition) is 3. The predicted molar refractivity (Wildman–Crippen MR) is 98.0 cm³/mol. The fraction of sp³-hybridized carbons (Fsp3) is 0.188. The Morgan fingerprint density at radius 2 is 1.77 bits per heavy atom. The Morgan fingerprint density at radius 3 is 2.50 bits per heavy atom. The Morgan fingerprint density at radius 1 is 1.05 bits per heavy atom. The van der Waals surface area contributed by atoms with Gasteiger partial charge in [0.1, 0.15) is 0 Å². The van der Waals surface area contributed by atoms with Crippen molar-refractivity contribution < 1.29 is 0 Å². The maximum atomic E-state index is 6.12. The van der Waals surface area contributed by atoms with Crippen LogP contribution in [-0.4, -0.2) is 11.0 Å². The molecule has 0 spiro atoms. The number of halogens is 3. The van der Waals surface area contributed by atoms with Crippen molar-refractivity contribution in [3.8, 4) is 0 Å². The van der Waals surface area contributed by atoms with Crippen molar-refractivity contribution in [3.05, 3.63) is 57.0 Å². The average molecular weight is 372 g/mol. The van der Waals surface area contributed by atoms with Crippen molar-refractivity contribution >= 4 is 58.0 Å². The summed E-state index contributed by atoms with van der Waals surface area (Å²) in [6, 6.07) is 11.2. The van der Waals surface area contributed by atoms with E-state index in [1.165, 1.54) is 4.90 Å². The normalized spacial score (nSPS) is 19.1. The molecule has 0 bridgehead atoms. The topological polar surface area (TPSA) is 24.4 Å². The van der Waals surface area contributed by atoms with Crippen LogP contribution < -0.4 is 5.43 Å². The van der Waals surface area contributed by atoms with Gasteiger partial charge in [-0.25, -0.2) is 0 Å². The fourth-order valence-electron chi connectivity index (χ4n) is 2.33. The third kappa shape index (κ3) is 3.72. The monoisotopic (exact) mass is 370 g/mol.